The predicted molar refractivity (Wildman–Crippen MR) is 84.2 cm³/mol. The molecule has 0 saturated heterocycles. The molecule has 0 aromatic heterocycles. The number of nitrogens with two attached hydrogens (primary N) is 1. The first-order valence-corrected chi connectivity index (χ1v) is 7.18. The van der Waals surface area contributed by atoms with E-state index in [0.717, 1.165) is 31.2 Å². The average Bonchev–Trinajstić information content (AvgIpc) is 2.49. The Kier molecular flexibility index (Phi) is 5.46. The number of benzene rings is 2. The van der Waals surface area contributed by atoms with Crippen molar-refractivity contribution >= 4 is 5.69 Å². The zero-order valence-electron chi connectivity index (χ0n) is 11.9. The fraction of sp³-hybridized carbons (Fsp3) is 0.294. The van der Waals surface area contributed by atoms with Crippen LogP contribution in [-0.2, 0) is 12.8 Å². The van der Waals surface area contributed by atoms with Crippen molar-refractivity contribution in [3.8, 4) is 0 Å². The summed E-state index contributed by atoms with van der Waals surface area (Å²) in [5.41, 5.74) is 8.64. The van der Waals surface area contributed by atoms with Gasteiger partial charge in [0.2, 0.25) is 0 Å². The molecule has 4 nitrogen and oxygen atoms in total. The van der Waals surface area contributed by atoms with Crippen molar-refractivity contribution < 1.29 is 4.92 Å². The van der Waals surface area contributed by atoms with Crippen molar-refractivity contribution in [1.82, 2.24) is 0 Å². The standard InChI is InChI=1S/C17H20N2O2/c18-16(8-4-7-14-5-2-1-3-6-14)13-15-9-11-17(12-10-15)19(20)21/h1-3,5-6,9-12,16H,4,7-8,13,18H2. The third-order valence-corrected chi connectivity index (χ3v) is 3.53. The lowest BCUT2D eigenvalue weighted by atomic mass is 10.00. The van der Waals surface area contributed by atoms with E-state index in [2.05, 4.69) is 12.1 Å². The van der Waals surface area contributed by atoms with Gasteiger partial charge >= 0.3 is 0 Å². The third-order valence-electron chi connectivity index (χ3n) is 3.53. The average molecular weight is 284 g/mol. The Balaban J connectivity index is 1.76. The second-order valence-electron chi connectivity index (χ2n) is 5.27. The normalized spacial score (nSPS) is 12.0. The Bertz CT molecular complexity index is 567. The molecule has 0 bridgehead atoms. The predicted octanol–water partition coefficient (Wildman–Crippen LogP) is 3.49. The molecule has 0 radical (unpaired) electrons. The molecule has 0 heterocycles. The van der Waals surface area contributed by atoms with Gasteiger partial charge in [0.05, 0.1) is 4.92 Å². The molecule has 0 aliphatic heterocycles. The largest absolute Gasteiger partial charge is 0.327 e. The first kappa shape index (κ1) is 15.2. The SMILES string of the molecule is NC(CCCc1ccccc1)Cc1ccc([N+](=O)[O-])cc1. The van der Waals surface area contributed by atoms with E-state index in [9.17, 15) is 10.1 Å². The number of nitrogens with zero attached hydrogens (tertiary/aromatic N) is 1. The molecule has 0 aliphatic rings. The molecule has 21 heavy (non-hydrogen) atoms. The summed E-state index contributed by atoms with van der Waals surface area (Å²) in [7, 11) is 0. The highest BCUT2D eigenvalue weighted by molar-refractivity contribution is 5.33. The van der Waals surface area contributed by atoms with Crippen LogP contribution in [0.1, 0.15) is 24.0 Å². The number of nitro benzene ring substituents is 1. The van der Waals surface area contributed by atoms with Crippen LogP contribution >= 0.6 is 0 Å². The molecule has 0 fully saturated rings. The molecule has 1 atom stereocenters. The van der Waals surface area contributed by atoms with E-state index in [1.54, 1.807) is 12.1 Å². The number of hydrogen-bond acceptors (Lipinski definition) is 3. The minimum atomic E-state index is -0.385. The van der Waals surface area contributed by atoms with Crippen molar-refractivity contribution in [1.29, 1.82) is 0 Å². The van der Waals surface area contributed by atoms with Gasteiger partial charge in [0.15, 0.2) is 0 Å². The van der Waals surface area contributed by atoms with E-state index in [4.69, 9.17) is 5.73 Å². The molecule has 1 unspecified atom stereocenters. The Labute approximate surface area is 124 Å². The van der Waals surface area contributed by atoms with Crippen LogP contribution in [0, 0.1) is 10.1 Å². The quantitative estimate of drug-likeness (QED) is 0.625. The van der Waals surface area contributed by atoms with Gasteiger partial charge in [-0.2, -0.15) is 0 Å². The molecule has 0 spiro atoms. The maximum Gasteiger partial charge on any atom is 0.269 e. The summed E-state index contributed by atoms with van der Waals surface area (Å²) in [5.74, 6) is 0. The van der Waals surface area contributed by atoms with Gasteiger partial charge in [-0.05, 0) is 36.8 Å². The molecule has 2 aromatic rings. The molecule has 0 amide bonds. The molecule has 110 valence electrons. The van der Waals surface area contributed by atoms with Gasteiger partial charge in [0.25, 0.3) is 5.69 Å². The maximum atomic E-state index is 10.6. The summed E-state index contributed by atoms with van der Waals surface area (Å²) in [6.07, 6.45) is 3.80. The van der Waals surface area contributed by atoms with Crippen molar-refractivity contribution in [3.63, 3.8) is 0 Å². The van der Waals surface area contributed by atoms with Crippen molar-refractivity contribution in [2.24, 2.45) is 5.73 Å². The Morgan fingerprint density at radius 2 is 1.67 bits per heavy atom. The van der Waals surface area contributed by atoms with Crippen LogP contribution in [0.5, 0.6) is 0 Å². The zero-order chi connectivity index (χ0) is 15.1. The zero-order valence-corrected chi connectivity index (χ0v) is 11.9. The lowest BCUT2D eigenvalue weighted by Crippen LogP contribution is -2.22. The van der Waals surface area contributed by atoms with Gasteiger partial charge in [-0.15, -0.1) is 0 Å². The Morgan fingerprint density at radius 1 is 1.00 bits per heavy atom. The highest BCUT2D eigenvalue weighted by Gasteiger charge is 2.07. The number of aryl methyl sites for hydroxylation is 1. The monoisotopic (exact) mass is 284 g/mol. The van der Waals surface area contributed by atoms with Crippen LogP contribution in [0.4, 0.5) is 5.69 Å². The van der Waals surface area contributed by atoms with E-state index in [-0.39, 0.29) is 16.7 Å². The summed E-state index contributed by atoms with van der Waals surface area (Å²) in [4.78, 5) is 10.2. The van der Waals surface area contributed by atoms with Crippen LogP contribution < -0.4 is 5.73 Å². The lowest BCUT2D eigenvalue weighted by molar-refractivity contribution is -0.384. The number of non-ortho nitro benzene ring substituents is 1. The molecule has 0 saturated carbocycles. The molecule has 2 N–H and O–H groups in total. The molecule has 4 heteroatoms. The van der Waals surface area contributed by atoms with Crippen LogP contribution in [0.15, 0.2) is 54.6 Å². The minimum absolute atomic E-state index is 0.0927. The Hall–Kier alpha value is -2.20. The topological polar surface area (TPSA) is 69.2 Å². The highest BCUT2D eigenvalue weighted by Crippen LogP contribution is 2.14. The molecular weight excluding hydrogens is 264 g/mol. The fourth-order valence-corrected chi connectivity index (χ4v) is 2.37. The molecule has 2 aromatic carbocycles. The van der Waals surface area contributed by atoms with E-state index >= 15 is 0 Å². The summed E-state index contributed by atoms with van der Waals surface area (Å²) in [5, 5.41) is 10.6. The summed E-state index contributed by atoms with van der Waals surface area (Å²) < 4.78 is 0. The lowest BCUT2D eigenvalue weighted by Gasteiger charge is -2.11. The van der Waals surface area contributed by atoms with Crippen LogP contribution in [-0.4, -0.2) is 11.0 Å². The first-order chi connectivity index (χ1) is 10.1. The molecule has 0 aliphatic carbocycles. The van der Waals surface area contributed by atoms with E-state index in [0.29, 0.717) is 0 Å². The number of nitro groups is 1. The second kappa shape index (κ2) is 7.55. The van der Waals surface area contributed by atoms with Gasteiger partial charge in [-0.1, -0.05) is 42.5 Å². The third kappa shape index (κ3) is 5.00. The highest BCUT2D eigenvalue weighted by atomic mass is 16.6. The maximum absolute atomic E-state index is 10.6. The van der Waals surface area contributed by atoms with Crippen LogP contribution in [0.25, 0.3) is 0 Å². The van der Waals surface area contributed by atoms with Crippen molar-refractivity contribution in [2.45, 2.75) is 31.7 Å². The summed E-state index contributed by atoms with van der Waals surface area (Å²) in [6, 6.07) is 17.1. The van der Waals surface area contributed by atoms with Crippen LogP contribution in [0.3, 0.4) is 0 Å². The van der Waals surface area contributed by atoms with Crippen molar-refractivity contribution in [2.75, 3.05) is 0 Å². The van der Waals surface area contributed by atoms with Gasteiger partial charge in [-0.25, -0.2) is 0 Å². The molecule has 2 rings (SSSR count). The summed E-state index contributed by atoms with van der Waals surface area (Å²) >= 11 is 0. The van der Waals surface area contributed by atoms with E-state index in [1.807, 2.05) is 18.2 Å². The summed E-state index contributed by atoms with van der Waals surface area (Å²) in [6.45, 7) is 0. The number of rotatable bonds is 7. The van der Waals surface area contributed by atoms with Gasteiger partial charge in [0, 0.05) is 18.2 Å². The van der Waals surface area contributed by atoms with Gasteiger partial charge < -0.3 is 5.73 Å². The van der Waals surface area contributed by atoms with Crippen LogP contribution in [0.2, 0.25) is 0 Å². The smallest absolute Gasteiger partial charge is 0.269 e. The van der Waals surface area contributed by atoms with Crippen molar-refractivity contribution in [3.05, 3.63) is 75.8 Å². The minimum Gasteiger partial charge on any atom is -0.327 e. The van der Waals surface area contributed by atoms with Gasteiger partial charge in [-0.3, -0.25) is 10.1 Å². The number of hydrogen-bond donors (Lipinski definition) is 1. The van der Waals surface area contributed by atoms with Gasteiger partial charge in [0.1, 0.15) is 0 Å². The molecular formula is C17H20N2O2. The van der Waals surface area contributed by atoms with E-state index in [1.165, 1.54) is 17.7 Å². The van der Waals surface area contributed by atoms with E-state index < -0.39 is 0 Å². The Morgan fingerprint density at radius 3 is 2.29 bits per heavy atom. The fourth-order valence-electron chi connectivity index (χ4n) is 2.37. The second-order valence-corrected chi connectivity index (χ2v) is 5.27. The first-order valence-electron chi connectivity index (χ1n) is 7.18.